The number of hydrogen-bond acceptors (Lipinski definition) is 3. The highest BCUT2D eigenvalue weighted by Crippen LogP contribution is 2.15. The van der Waals surface area contributed by atoms with E-state index in [-0.39, 0.29) is 0 Å². The minimum Gasteiger partial charge on any atom is -0.327 e. The summed E-state index contributed by atoms with van der Waals surface area (Å²) in [5, 5.41) is 0. The molecule has 114 valence electrons. The van der Waals surface area contributed by atoms with Crippen molar-refractivity contribution in [3.8, 4) is 0 Å². The molecule has 0 N–H and O–H groups in total. The summed E-state index contributed by atoms with van der Waals surface area (Å²) in [5.74, 6) is -1.01. The monoisotopic (exact) mass is 272 g/mol. The fourth-order valence-electron chi connectivity index (χ4n) is 2.08. The average molecular weight is 272 g/mol. The van der Waals surface area contributed by atoms with Crippen molar-refractivity contribution in [3.63, 3.8) is 0 Å². The van der Waals surface area contributed by atoms with Gasteiger partial charge in [0.15, 0.2) is 0 Å². The van der Waals surface area contributed by atoms with Gasteiger partial charge in [-0.25, -0.2) is 0 Å². The van der Waals surface area contributed by atoms with E-state index < -0.39 is 5.97 Å². The number of unbranched alkanes of at least 4 members (excludes halogenated alkanes) is 8. The second-order valence-corrected chi connectivity index (χ2v) is 4.88. The predicted molar refractivity (Wildman–Crippen MR) is 80.1 cm³/mol. The Morgan fingerprint density at radius 3 is 1.68 bits per heavy atom. The Morgan fingerprint density at radius 1 is 0.737 bits per heavy atom. The molecule has 0 atom stereocenters. The summed E-state index contributed by atoms with van der Waals surface area (Å²) >= 11 is 0. The van der Waals surface area contributed by atoms with Gasteiger partial charge in [0, 0.05) is 27.4 Å². The van der Waals surface area contributed by atoms with Crippen LogP contribution in [0.5, 0.6) is 0 Å². The molecule has 0 saturated carbocycles. The predicted octanol–water partition coefficient (Wildman–Crippen LogP) is 4.67. The number of methoxy groups -OCH3 is 3. The van der Waals surface area contributed by atoms with Gasteiger partial charge in [-0.1, -0.05) is 57.9 Å². The van der Waals surface area contributed by atoms with Crippen LogP contribution in [-0.2, 0) is 14.2 Å². The zero-order valence-electron chi connectivity index (χ0n) is 13.2. The molecule has 3 nitrogen and oxygen atoms in total. The van der Waals surface area contributed by atoms with E-state index in [1.807, 2.05) is 6.08 Å². The first-order valence-corrected chi connectivity index (χ1v) is 7.57. The third kappa shape index (κ3) is 9.20. The smallest absolute Gasteiger partial charge is 0.303 e. The van der Waals surface area contributed by atoms with Crippen LogP contribution in [-0.4, -0.2) is 27.3 Å². The molecule has 0 spiro atoms. The average Bonchev–Trinajstić information content (AvgIpc) is 2.46. The Balaban J connectivity index is 3.52. The van der Waals surface area contributed by atoms with Gasteiger partial charge < -0.3 is 14.2 Å². The molecule has 19 heavy (non-hydrogen) atoms. The van der Waals surface area contributed by atoms with Crippen molar-refractivity contribution in [3.05, 3.63) is 12.2 Å². The maximum Gasteiger partial charge on any atom is 0.303 e. The molecule has 0 aromatic rings. The highest BCUT2D eigenvalue weighted by Gasteiger charge is 2.24. The largest absolute Gasteiger partial charge is 0.327 e. The lowest BCUT2D eigenvalue weighted by Gasteiger charge is -2.24. The summed E-state index contributed by atoms with van der Waals surface area (Å²) in [5.41, 5.74) is 0. The third-order valence-corrected chi connectivity index (χ3v) is 3.40. The summed E-state index contributed by atoms with van der Waals surface area (Å²) in [6.07, 6.45) is 15.7. The van der Waals surface area contributed by atoms with Crippen molar-refractivity contribution in [1.29, 1.82) is 0 Å². The van der Waals surface area contributed by atoms with Gasteiger partial charge in [-0.15, -0.1) is 0 Å². The first-order chi connectivity index (χ1) is 9.24. The Kier molecular flexibility index (Phi) is 12.4. The van der Waals surface area contributed by atoms with E-state index in [0.29, 0.717) is 0 Å². The van der Waals surface area contributed by atoms with Crippen molar-refractivity contribution in [2.45, 2.75) is 70.7 Å². The van der Waals surface area contributed by atoms with Gasteiger partial charge in [-0.2, -0.15) is 0 Å². The fraction of sp³-hybridized carbons (Fsp3) is 0.875. The molecule has 0 rings (SSSR count). The molecular weight excluding hydrogens is 240 g/mol. The van der Waals surface area contributed by atoms with E-state index in [0.717, 1.165) is 6.42 Å². The van der Waals surface area contributed by atoms with E-state index >= 15 is 0 Å². The maximum absolute atomic E-state index is 5.19. The standard InChI is InChI=1S/C16H32O3/c1-5-6-7-8-9-10-11-12-13-14-15-16(17-2,18-3)19-4/h14-15H,5-13H2,1-4H3. The van der Waals surface area contributed by atoms with Crippen LogP contribution in [0.3, 0.4) is 0 Å². The van der Waals surface area contributed by atoms with E-state index in [1.54, 1.807) is 21.3 Å². The van der Waals surface area contributed by atoms with E-state index in [1.165, 1.54) is 51.4 Å². The van der Waals surface area contributed by atoms with Gasteiger partial charge in [0.2, 0.25) is 0 Å². The molecule has 0 aromatic carbocycles. The van der Waals surface area contributed by atoms with Crippen LogP contribution in [0.25, 0.3) is 0 Å². The van der Waals surface area contributed by atoms with Crippen LogP contribution in [0.4, 0.5) is 0 Å². The maximum atomic E-state index is 5.19. The summed E-state index contributed by atoms with van der Waals surface area (Å²) < 4.78 is 15.6. The Morgan fingerprint density at radius 2 is 1.21 bits per heavy atom. The second-order valence-electron chi connectivity index (χ2n) is 4.88. The Labute approximate surface area is 119 Å². The number of rotatable bonds is 13. The zero-order chi connectivity index (χ0) is 14.4. The van der Waals surface area contributed by atoms with Gasteiger partial charge in [-0.3, -0.25) is 0 Å². The molecule has 0 saturated heterocycles. The molecule has 0 amide bonds. The summed E-state index contributed by atoms with van der Waals surface area (Å²) in [6, 6.07) is 0. The van der Waals surface area contributed by atoms with Gasteiger partial charge in [0.25, 0.3) is 0 Å². The van der Waals surface area contributed by atoms with Gasteiger partial charge in [0.05, 0.1) is 0 Å². The summed E-state index contributed by atoms with van der Waals surface area (Å²) in [7, 11) is 4.73. The van der Waals surface area contributed by atoms with Crippen molar-refractivity contribution in [2.75, 3.05) is 21.3 Å². The lowest BCUT2D eigenvalue weighted by Crippen LogP contribution is -2.33. The molecule has 0 fully saturated rings. The molecule has 0 aliphatic rings. The Hall–Kier alpha value is -0.380. The first-order valence-electron chi connectivity index (χ1n) is 7.57. The third-order valence-electron chi connectivity index (χ3n) is 3.40. The zero-order valence-corrected chi connectivity index (χ0v) is 13.2. The highest BCUT2D eigenvalue weighted by molar-refractivity contribution is 4.90. The van der Waals surface area contributed by atoms with Crippen molar-refractivity contribution in [1.82, 2.24) is 0 Å². The molecule has 0 aromatic heterocycles. The minimum atomic E-state index is -1.01. The first kappa shape index (κ1) is 18.6. The molecule has 0 aliphatic heterocycles. The quantitative estimate of drug-likeness (QED) is 0.277. The molecule has 0 aliphatic carbocycles. The van der Waals surface area contributed by atoms with Crippen molar-refractivity contribution in [2.24, 2.45) is 0 Å². The molecule has 0 bridgehead atoms. The molecule has 3 heteroatoms. The van der Waals surface area contributed by atoms with Crippen LogP contribution in [0, 0.1) is 0 Å². The van der Waals surface area contributed by atoms with Crippen LogP contribution in [0.15, 0.2) is 12.2 Å². The van der Waals surface area contributed by atoms with Crippen molar-refractivity contribution >= 4 is 0 Å². The Bertz CT molecular complexity index is 202. The molecule has 0 unspecified atom stereocenters. The van der Waals surface area contributed by atoms with Crippen LogP contribution >= 0.6 is 0 Å². The normalized spacial score (nSPS) is 12.4. The lowest BCUT2D eigenvalue weighted by molar-refractivity contribution is -0.318. The van der Waals surface area contributed by atoms with Gasteiger partial charge >= 0.3 is 5.97 Å². The molecular formula is C16H32O3. The van der Waals surface area contributed by atoms with E-state index in [4.69, 9.17) is 14.2 Å². The number of ether oxygens (including phenoxy) is 3. The molecule has 0 heterocycles. The molecule has 0 radical (unpaired) electrons. The fourth-order valence-corrected chi connectivity index (χ4v) is 2.08. The van der Waals surface area contributed by atoms with E-state index in [2.05, 4.69) is 13.0 Å². The summed E-state index contributed by atoms with van der Waals surface area (Å²) in [4.78, 5) is 0. The highest BCUT2D eigenvalue weighted by atomic mass is 16.9. The van der Waals surface area contributed by atoms with Crippen LogP contribution < -0.4 is 0 Å². The topological polar surface area (TPSA) is 27.7 Å². The number of hydrogen-bond donors (Lipinski definition) is 0. The number of allylic oxidation sites excluding steroid dienone is 1. The van der Waals surface area contributed by atoms with E-state index in [9.17, 15) is 0 Å². The SMILES string of the molecule is CCCCCCCCCCC=CC(OC)(OC)OC. The van der Waals surface area contributed by atoms with Crippen LogP contribution in [0.1, 0.15) is 64.7 Å². The van der Waals surface area contributed by atoms with Crippen molar-refractivity contribution < 1.29 is 14.2 Å². The van der Waals surface area contributed by atoms with Gasteiger partial charge in [0.1, 0.15) is 0 Å². The lowest BCUT2D eigenvalue weighted by atomic mass is 10.1. The van der Waals surface area contributed by atoms with Gasteiger partial charge in [-0.05, 0) is 12.8 Å². The minimum absolute atomic E-state index is 1.01. The summed E-state index contributed by atoms with van der Waals surface area (Å²) in [6.45, 7) is 2.26. The second kappa shape index (κ2) is 12.6. The van der Waals surface area contributed by atoms with Crippen LogP contribution in [0.2, 0.25) is 0 Å².